The molecule has 0 aromatic carbocycles. The zero-order chi connectivity index (χ0) is 14.6. The van der Waals surface area contributed by atoms with Crippen LogP contribution in [0.4, 0.5) is 0 Å². The van der Waals surface area contributed by atoms with Gasteiger partial charge in [0.1, 0.15) is 0 Å². The smallest absolute Gasteiger partial charge is 0.258 e. The maximum atomic E-state index is 12.1. The Balaban J connectivity index is 1.98. The van der Waals surface area contributed by atoms with Crippen LogP contribution in [0.2, 0.25) is 0 Å². The molecule has 1 saturated heterocycles. The average Bonchev–Trinajstić information content (AvgIpc) is 2.83. The molecule has 1 aromatic heterocycles. The van der Waals surface area contributed by atoms with Gasteiger partial charge in [0.05, 0.1) is 6.10 Å². The summed E-state index contributed by atoms with van der Waals surface area (Å²) in [6.07, 6.45) is 2.56. The van der Waals surface area contributed by atoms with E-state index in [1.54, 1.807) is 12.3 Å². The minimum absolute atomic E-state index is 0.0592. The molecular formula is C13H21N3O3S. The Morgan fingerprint density at radius 2 is 2.25 bits per heavy atom. The number of rotatable bonds is 6. The Kier molecular flexibility index (Phi) is 5.09. The summed E-state index contributed by atoms with van der Waals surface area (Å²) >= 11 is 0. The molecule has 1 aliphatic rings. The van der Waals surface area contributed by atoms with Crippen LogP contribution in [0.25, 0.3) is 0 Å². The van der Waals surface area contributed by atoms with Crippen molar-refractivity contribution in [1.82, 2.24) is 15.0 Å². The summed E-state index contributed by atoms with van der Waals surface area (Å²) in [5.41, 5.74) is 0.948. The van der Waals surface area contributed by atoms with E-state index in [2.05, 4.69) is 15.0 Å². The van der Waals surface area contributed by atoms with Crippen LogP contribution in [0.15, 0.2) is 23.4 Å². The minimum atomic E-state index is -3.54. The molecule has 1 aliphatic heterocycles. The average molecular weight is 299 g/mol. The SMILES string of the molecule is CNCc1ccc(S(=O)(=O)NCC2CCOC2C)nc1. The summed E-state index contributed by atoms with van der Waals surface area (Å²) in [5.74, 6) is 0.230. The summed E-state index contributed by atoms with van der Waals surface area (Å²) in [4.78, 5) is 4.01. The van der Waals surface area contributed by atoms with E-state index in [1.165, 1.54) is 6.07 Å². The van der Waals surface area contributed by atoms with Crippen LogP contribution in [0, 0.1) is 5.92 Å². The molecule has 0 amide bonds. The lowest BCUT2D eigenvalue weighted by Gasteiger charge is -2.14. The second-order valence-electron chi connectivity index (χ2n) is 5.01. The first-order valence-corrected chi connectivity index (χ1v) is 8.22. The van der Waals surface area contributed by atoms with Crippen LogP contribution in [0.3, 0.4) is 0 Å². The fraction of sp³-hybridized carbons (Fsp3) is 0.615. The van der Waals surface area contributed by atoms with Crippen LogP contribution in [0.1, 0.15) is 18.9 Å². The third-order valence-electron chi connectivity index (χ3n) is 3.52. The zero-order valence-corrected chi connectivity index (χ0v) is 12.6. The number of hydrogen-bond donors (Lipinski definition) is 2. The summed E-state index contributed by atoms with van der Waals surface area (Å²) < 4.78 is 32.3. The molecule has 2 N–H and O–H groups in total. The maximum absolute atomic E-state index is 12.1. The number of nitrogens with zero attached hydrogens (tertiary/aromatic N) is 1. The summed E-state index contributed by atoms with van der Waals surface area (Å²) in [5, 5.41) is 3.05. The van der Waals surface area contributed by atoms with E-state index in [1.807, 2.05) is 14.0 Å². The van der Waals surface area contributed by atoms with Crippen molar-refractivity contribution in [3.8, 4) is 0 Å². The van der Waals surface area contributed by atoms with E-state index in [4.69, 9.17) is 4.74 Å². The Morgan fingerprint density at radius 3 is 2.80 bits per heavy atom. The summed E-state index contributed by atoms with van der Waals surface area (Å²) in [6.45, 7) is 3.72. The number of sulfonamides is 1. The van der Waals surface area contributed by atoms with Crippen molar-refractivity contribution in [3.63, 3.8) is 0 Å². The molecule has 0 radical (unpaired) electrons. The molecular weight excluding hydrogens is 278 g/mol. The van der Waals surface area contributed by atoms with Gasteiger partial charge in [-0.1, -0.05) is 6.07 Å². The molecule has 20 heavy (non-hydrogen) atoms. The van der Waals surface area contributed by atoms with Gasteiger partial charge in [0.2, 0.25) is 0 Å². The monoisotopic (exact) mass is 299 g/mol. The standard InChI is InChI=1S/C13H21N3O3S/c1-10-12(5-6-19-10)9-16-20(17,18)13-4-3-11(7-14-2)8-15-13/h3-4,8,10,12,14,16H,5-7,9H2,1-2H3. The van der Waals surface area contributed by atoms with Crippen molar-refractivity contribution in [2.45, 2.75) is 31.0 Å². The second-order valence-corrected chi connectivity index (χ2v) is 6.73. The highest BCUT2D eigenvalue weighted by molar-refractivity contribution is 7.89. The second kappa shape index (κ2) is 6.62. The zero-order valence-electron chi connectivity index (χ0n) is 11.8. The van der Waals surface area contributed by atoms with Crippen LogP contribution in [-0.4, -0.2) is 39.7 Å². The van der Waals surface area contributed by atoms with Crippen molar-refractivity contribution < 1.29 is 13.2 Å². The van der Waals surface area contributed by atoms with Gasteiger partial charge in [-0.2, -0.15) is 0 Å². The van der Waals surface area contributed by atoms with Crippen molar-refractivity contribution in [3.05, 3.63) is 23.9 Å². The highest BCUT2D eigenvalue weighted by Gasteiger charge is 2.26. The third-order valence-corrected chi connectivity index (χ3v) is 4.86. The maximum Gasteiger partial charge on any atom is 0.258 e. The Labute approximate surface area is 120 Å². The quantitative estimate of drug-likeness (QED) is 0.800. The first-order valence-electron chi connectivity index (χ1n) is 6.73. The molecule has 2 atom stereocenters. The highest BCUT2D eigenvalue weighted by atomic mass is 32.2. The largest absolute Gasteiger partial charge is 0.378 e. The van der Waals surface area contributed by atoms with Gasteiger partial charge in [0.25, 0.3) is 10.0 Å². The van der Waals surface area contributed by atoms with Crippen molar-refractivity contribution in [2.75, 3.05) is 20.2 Å². The van der Waals surface area contributed by atoms with Gasteiger partial charge in [-0.15, -0.1) is 0 Å². The van der Waals surface area contributed by atoms with E-state index >= 15 is 0 Å². The first-order chi connectivity index (χ1) is 9.53. The molecule has 7 heteroatoms. The van der Waals surface area contributed by atoms with Gasteiger partial charge in [-0.05, 0) is 32.0 Å². The van der Waals surface area contributed by atoms with E-state index in [-0.39, 0.29) is 17.0 Å². The third kappa shape index (κ3) is 3.76. The van der Waals surface area contributed by atoms with E-state index in [9.17, 15) is 8.42 Å². The molecule has 0 saturated carbocycles. The molecule has 1 fully saturated rings. The van der Waals surface area contributed by atoms with Crippen LogP contribution >= 0.6 is 0 Å². The van der Waals surface area contributed by atoms with Crippen molar-refractivity contribution in [2.24, 2.45) is 5.92 Å². The fourth-order valence-corrected chi connectivity index (χ4v) is 3.23. The normalized spacial score (nSPS) is 23.1. The lowest BCUT2D eigenvalue weighted by Crippen LogP contribution is -2.32. The minimum Gasteiger partial charge on any atom is -0.378 e. The molecule has 0 aliphatic carbocycles. The van der Waals surface area contributed by atoms with Gasteiger partial charge in [0, 0.05) is 31.8 Å². The Morgan fingerprint density at radius 1 is 1.45 bits per heavy atom. The Bertz CT molecular complexity index is 530. The van der Waals surface area contributed by atoms with Crippen LogP contribution < -0.4 is 10.0 Å². The van der Waals surface area contributed by atoms with Crippen LogP contribution in [-0.2, 0) is 21.3 Å². The van der Waals surface area contributed by atoms with Gasteiger partial charge in [-0.3, -0.25) is 0 Å². The highest BCUT2D eigenvalue weighted by Crippen LogP contribution is 2.20. The molecule has 1 aromatic rings. The van der Waals surface area contributed by atoms with Crippen LogP contribution in [0.5, 0.6) is 0 Å². The number of nitrogens with one attached hydrogen (secondary N) is 2. The lowest BCUT2D eigenvalue weighted by atomic mass is 10.0. The predicted molar refractivity (Wildman–Crippen MR) is 75.7 cm³/mol. The summed E-state index contributed by atoms with van der Waals surface area (Å²) in [7, 11) is -1.71. The fourth-order valence-electron chi connectivity index (χ4n) is 2.21. The van der Waals surface area contributed by atoms with Gasteiger partial charge >= 0.3 is 0 Å². The van der Waals surface area contributed by atoms with Gasteiger partial charge in [-0.25, -0.2) is 18.1 Å². The number of aromatic nitrogens is 1. The molecule has 2 unspecified atom stereocenters. The van der Waals surface area contributed by atoms with Crippen molar-refractivity contribution in [1.29, 1.82) is 0 Å². The molecule has 112 valence electrons. The molecule has 2 rings (SSSR count). The van der Waals surface area contributed by atoms with E-state index < -0.39 is 10.0 Å². The number of ether oxygens (including phenoxy) is 1. The van der Waals surface area contributed by atoms with Gasteiger partial charge < -0.3 is 10.1 Å². The molecule has 0 bridgehead atoms. The molecule has 6 nitrogen and oxygen atoms in total. The van der Waals surface area contributed by atoms with E-state index in [0.29, 0.717) is 19.7 Å². The predicted octanol–water partition coefficient (Wildman–Crippen LogP) is 0.504. The number of pyridine rings is 1. The lowest BCUT2D eigenvalue weighted by molar-refractivity contribution is 0.107. The number of hydrogen-bond acceptors (Lipinski definition) is 5. The van der Waals surface area contributed by atoms with Gasteiger partial charge in [0.15, 0.2) is 5.03 Å². The molecule has 2 heterocycles. The summed E-state index contributed by atoms with van der Waals surface area (Å²) in [6, 6.07) is 3.29. The van der Waals surface area contributed by atoms with E-state index in [0.717, 1.165) is 12.0 Å². The Hall–Kier alpha value is -1.02. The first kappa shape index (κ1) is 15.4. The molecule has 0 spiro atoms. The van der Waals surface area contributed by atoms with Crippen molar-refractivity contribution >= 4 is 10.0 Å². The topological polar surface area (TPSA) is 80.3 Å².